The highest BCUT2D eigenvalue weighted by Crippen LogP contribution is 2.26. The number of aldehydes is 1. The fourth-order valence-corrected chi connectivity index (χ4v) is 1.17. The first-order valence-electron chi connectivity index (χ1n) is 4.09. The van der Waals surface area contributed by atoms with Crippen LogP contribution < -0.4 is 4.74 Å². The Morgan fingerprint density at radius 3 is 2.75 bits per heavy atom. The molecule has 0 saturated heterocycles. The second kappa shape index (κ2) is 3.51. The van der Waals surface area contributed by atoms with Crippen molar-refractivity contribution in [2.24, 2.45) is 0 Å². The number of benzene rings is 1. The maximum atomic E-state index is 11.9. The molecule has 0 atom stereocenters. The van der Waals surface area contributed by atoms with Gasteiger partial charge in [0.2, 0.25) is 6.29 Å². The van der Waals surface area contributed by atoms with E-state index in [1.165, 1.54) is 6.07 Å². The monoisotopic (exact) mass is 231 g/mol. The molecule has 0 bridgehead atoms. The zero-order valence-electron chi connectivity index (χ0n) is 7.62. The number of carbonyl (C=O) groups is 1. The fourth-order valence-electron chi connectivity index (χ4n) is 1.17. The van der Waals surface area contributed by atoms with Crippen molar-refractivity contribution in [2.45, 2.75) is 6.36 Å². The fraction of sp³-hybridized carbons (Fsp3) is 0.111. The standard InChI is InChI=1S/C9H4F3NO3/c10-9(11,12)16-5-1-2-7-6(3-5)13-8(4-14)15-7/h1-4H. The summed E-state index contributed by atoms with van der Waals surface area (Å²) >= 11 is 0. The summed E-state index contributed by atoms with van der Waals surface area (Å²) in [6, 6.07) is 3.37. The van der Waals surface area contributed by atoms with Gasteiger partial charge in [-0.15, -0.1) is 13.2 Å². The lowest BCUT2D eigenvalue weighted by atomic mass is 10.3. The van der Waals surface area contributed by atoms with E-state index >= 15 is 0 Å². The summed E-state index contributed by atoms with van der Waals surface area (Å²) in [5, 5.41) is 0. The minimum absolute atomic E-state index is 0.129. The number of halogens is 3. The van der Waals surface area contributed by atoms with Crippen molar-refractivity contribution in [3.8, 4) is 5.75 Å². The molecule has 2 rings (SSSR count). The maximum absolute atomic E-state index is 11.9. The molecule has 7 heteroatoms. The van der Waals surface area contributed by atoms with Crippen molar-refractivity contribution in [3.05, 3.63) is 24.1 Å². The highest BCUT2D eigenvalue weighted by atomic mass is 19.4. The van der Waals surface area contributed by atoms with Gasteiger partial charge >= 0.3 is 6.36 Å². The number of fused-ring (bicyclic) bond motifs is 1. The molecular formula is C9H4F3NO3. The average molecular weight is 231 g/mol. The van der Waals surface area contributed by atoms with Crippen LogP contribution in [0.1, 0.15) is 10.7 Å². The molecule has 0 aliphatic carbocycles. The Labute approximate surface area is 86.6 Å². The average Bonchev–Trinajstić information content (AvgIpc) is 2.57. The molecule has 0 aliphatic heterocycles. The number of hydrogen-bond acceptors (Lipinski definition) is 4. The third-order valence-corrected chi connectivity index (χ3v) is 1.71. The topological polar surface area (TPSA) is 52.3 Å². The Bertz CT molecular complexity index is 532. The maximum Gasteiger partial charge on any atom is 0.573 e. The third kappa shape index (κ3) is 2.13. The zero-order valence-corrected chi connectivity index (χ0v) is 7.62. The van der Waals surface area contributed by atoms with Crippen molar-refractivity contribution in [1.29, 1.82) is 0 Å². The Kier molecular flexibility index (Phi) is 2.30. The van der Waals surface area contributed by atoms with Crippen molar-refractivity contribution in [3.63, 3.8) is 0 Å². The molecule has 1 aromatic heterocycles. The van der Waals surface area contributed by atoms with Gasteiger partial charge in [-0.05, 0) is 12.1 Å². The number of alkyl halides is 3. The summed E-state index contributed by atoms with van der Waals surface area (Å²) in [5.41, 5.74) is 0.348. The molecule has 0 unspecified atom stereocenters. The molecule has 0 amide bonds. The zero-order chi connectivity index (χ0) is 11.8. The summed E-state index contributed by atoms with van der Waals surface area (Å²) in [6.45, 7) is 0. The van der Waals surface area contributed by atoms with Crippen molar-refractivity contribution < 1.29 is 27.1 Å². The predicted molar refractivity (Wildman–Crippen MR) is 46.1 cm³/mol. The quantitative estimate of drug-likeness (QED) is 0.745. The van der Waals surface area contributed by atoms with Crippen molar-refractivity contribution in [2.75, 3.05) is 0 Å². The van der Waals surface area contributed by atoms with Crippen LogP contribution in [0, 0.1) is 0 Å². The van der Waals surface area contributed by atoms with Crippen LogP contribution >= 0.6 is 0 Å². The number of rotatable bonds is 2. The van der Waals surface area contributed by atoms with Gasteiger partial charge in [-0.25, -0.2) is 4.98 Å². The Morgan fingerprint density at radius 1 is 1.38 bits per heavy atom. The van der Waals surface area contributed by atoms with Crippen LogP contribution in [0.2, 0.25) is 0 Å². The first kappa shape index (κ1) is 10.5. The van der Waals surface area contributed by atoms with Gasteiger partial charge in [0, 0.05) is 6.07 Å². The summed E-state index contributed by atoms with van der Waals surface area (Å²) in [4.78, 5) is 14.0. The molecule has 0 fully saturated rings. The molecule has 1 heterocycles. The SMILES string of the molecule is O=Cc1nc2cc(OC(F)(F)F)ccc2o1. The molecule has 0 saturated carbocycles. The number of carbonyl (C=O) groups excluding carboxylic acids is 1. The number of oxazole rings is 1. The molecule has 1 aromatic carbocycles. The highest BCUT2D eigenvalue weighted by Gasteiger charge is 2.31. The molecular weight excluding hydrogens is 227 g/mol. The van der Waals surface area contributed by atoms with E-state index < -0.39 is 12.1 Å². The molecule has 0 N–H and O–H groups in total. The van der Waals surface area contributed by atoms with E-state index in [0.29, 0.717) is 6.29 Å². The Hall–Kier alpha value is -2.05. The lowest BCUT2D eigenvalue weighted by Gasteiger charge is -2.07. The lowest BCUT2D eigenvalue weighted by Crippen LogP contribution is -2.16. The van der Waals surface area contributed by atoms with E-state index in [1.807, 2.05) is 0 Å². The highest BCUT2D eigenvalue weighted by molar-refractivity contribution is 5.79. The number of nitrogens with zero attached hydrogens (tertiary/aromatic N) is 1. The summed E-state index contributed by atoms with van der Waals surface area (Å²) in [7, 11) is 0. The predicted octanol–water partition coefficient (Wildman–Crippen LogP) is 2.54. The minimum atomic E-state index is -4.76. The molecule has 4 nitrogen and oxygen atoms in total. The van der Waals surface area contributed by atoms with E-state index in [1.54, 1.807) is 0 Å². The summed E-state index contributed by atoms with van der Waals surface area (Å²) in [5.74, 6) is -0.607. The van der Waals surface area contributed by atoms with Crippen LogP contribution in [-0.2, 0) is 0 Å². The number of ether oxygens (including phenoxy) is 1. The van der Waals surface area contributed by atoms with Crippen molar-refractivity contribution >= 4 is 17.4 Å². The second-order valence-electron chi connectivity index (χ2n) is 2.85. The largest absolute Gasteiger partial charge is 0.573 e. The van der Waals surface area contributed by atoms with Gasteiger partial charge < -0.3 is 9.15 Å². The van der Waals surface area contributed by atoms with Crippen molar-refractivity contribution in [1.82, 2.24) is 4.98 Å². The van der Waals surface area contributed by atoms with Crippen LogP contribution in [0.5, 0.6) is 5.75 Å². The lowest BCUT2D eigenvalue weighted by molar-refractivity contribution is -0.274. The van der Waals surface area contributed by atoms with Gasteiger partial charge in [0.25, 0.3) is 5.89 Å². The van der Waals surface area contributed by atoms with E-state index in [2.05, 4.69) is 9.72 Å². The van der Waals surface area contributed by atoms with E-state index in [0.717, 1.165) is 12.1 Å². The summed E-state index contributed by atoms with van der Waals surface area (Å²) < 4.78 is 44.2. The van der Waals surface area contributed by atoms with Crippen LogP contribution in [0.4, 0.5) is 13.2 Å². The van der Waals surface area contributed by atoms with Gasteiger partial charge in [0.05, 0.1) is 0 Å². The molecule has 84 valence electrons. The molecule has 0 aliphatic rings. The first-order valence-corrected chi connectivity index (χ1v) is 4.09. The third-order valence-electron chi connectivity index (χ3n) is 1.71. The van der Waals surface area contributed by atoms with Crippen LogP contribution in [0.25, 0.3) is 11.1 Å². The van der Waals surface area contributed by atoms with Gasteiger partial charge in [-0.2, -0.15) is 0 Å². The molecule has 0 spiro atoms. The van der Waals surface area contributed by atoms with Crippen LogP contribution in [-0.4, -0.2) is 17.6 Å². The molecule has 0 radical (unpaired) electrons. The Morgan fingerprint density at radius 2 is 2.12 bits per heavy atom. The van der Waals surface area contributed by atoms with Gasteiger partial charge in [0.1, 0.15) is 11.3 Å². The number of hydrogen-bond donors (Lipinski definition) is 0. The molecule has 16 heavy (non-hydrogen) atoms. The number of aromatic nitrogens is 1. The van der Waals surface area contributed by atoms with Gasteiger partial charge in [0.15, 0.2) is 5.58 Å². The molecule has 2 aromatic rings. The van der Waals surface area contributed by atoms with E-state index in [9.17, 15) is 18.0 Å². The van der Waals surface area contributed by atoms with Crippen LogP contribution in [0.3, 0.4) is 0 Å². The Balaban J connectivity index is 2.39. The second-order valence-corrected chi connectivity index (χ2v) is 2.85. The van der Waals surface area contributed by atoms with Gasteiger partial charge in [-0.3, -0.25) is 4.79 Å². The first-order chi connectivity index (χ1) is 7.48. The smallest absolute Gasteiger partial charge is 0.434 e. The van der Waals surface area contributed by atoms with Crippen LogP contribution in [0.15, 0.2) is 22.6 Å². The summed E-state index contributed by atoms with van der Waals surface area (Å²) in [6.07, 6.45) is -4.39. The van der Waals surface area contributed by atoms with E-state index in [-0.39, 0.29) is 17.0 Å². The van der Waals surface area contributed by atoms with E-state index in [4.69, 9.17) is 4.42 Å². The minimum Gasteiger partial charge on any atom is -0.434 e. The van der Waals surface area contributed by atoms with Gasteiger partial charge in [-0.1, -0.05) is 0 Å². The normalized spacial score (nSPS) is 11.7.